The minimum absolute atomic E-state index is 0.0258. The molecule has 27 heavy (non-hydrogen) atoms. The number of carbonyl (C=O) groups is 2. The number of benzene rings is 1. The number of carbonyl (C=O) groups excluding carboxylic acids is 2. The summed E-state index contributed by atoms with van der Waals surface area (Å²) in [5, 5.41) is 0. The SMILES string of the molecule is CC(=O)N1CC(=O)N(c2ccccc2)CC12CCN(Cc1ccc(C)o1)C2. The van der Waals surface area contributed by atoms with Gasteiger partial charge in [-0.25, -0.2) is 0 Å². The number of rotatable bonds is 3. The van der Waals surface area contributed by atoms with Gasteiger partial charge in [0.05, 0.1) is 18.6 Å². The maximum Gasteiger partial charge on any atom is 0.246 e. The topological polar surface area (TPSA) is 57.0 Å². The number of para-hydroxylation sites is 1. The van der Waals surface area contributed by atoms with Crippen LogP contribution in [0.15, 0.2) is 46.9 Å². The van der Waals surface area contributed by atoms with E-state index >= 15 is 0 Å². The van der Waals surface area contributed by atoms with Crippen LogP contribution in [-0.4, -0.2) is 53.3 Å². The van der Waals surface area contributed by atoms with Crippen LogP contribution in [0.25, 0.3) is 0 Å². The molecule has 0 bridgehead atoms. The smallest absolute Gasteiger partial charge is 0.246 e. The fourth-order valence-corrected chi connectivity index (χ4v) is 4.36. The van der Waals surface area contributed by atoms with Gasteiger partial charge in [-0.2, -0.15) is 0 Å². The average molecular weight is 367 g/mol. The van der Waals surface area contributed by atoms with E-state index in [2.05, 4.69) is 4.90 Å². The van der Waals surface area contributed by atoms with Crippen molar-refractivity contribution >= 4 is 17.5 Å². The average Bonchev–Trinajstić information content (AvgIpc) is 3.24. The first-order valence-corrected chi connectivity index (χ1v) is 9.38. The van der Waals surface area contributed by atoms with Gasteiger partial charge in [0.1, 0.15) is 18.1 Å². The molecule has 0 aliphatic carbocycles. The van der Waals surface area contributed by atoms with E-state index in [0.29, 0.717) is 6.54 Å². The molecule has 4 rings (SSSR count). The fourth-order valence-electron chi connectivity index (χ4n) is 4.36. The molecule has 2 aliphatic heterocycles. The van der Waals surface area contributed by atoms with Gasteiger partial charge in [0.25, 0.3) is 0 Å². The largest absolute Gasteiger partial charge is 0.465 e. The lowest BCUT2D eigenvalue weighted by atomic mass is 9.91. The van der Waals surface area contributed by atoms with Gasteiger partial charge in [0, 0.05) is 25.7 Å². The van der Waals surface area contributed by atoms with Gasteiger partial charge in [0.2, 0.25) is 11.8 Å². The molecule has 2 fully saturated rings. The van der Waals surface area contributed by atoms with Crippen molar-refractivity contribution < 1.29 is 14.0 Å². The number of furan rings is 1. The van der Waals surface area contributed by atoms with Crippen LogP contribution in [-0.2, 0) is 16.1 Å². The first kappa shape index (κ1) is 17.8. The summed E-state index contributed by atoms with van der Waals surface area (Å²) in [7, 11) is 0. The molecule has 0 radical (unpaired) electrons. The molecule has 2 aromatic rings. The highest BCUT2D eigenvalue weighted by Crippen LogP contribution is 2.35. The van der Waals surface area contributed by atoms with E-state index in [-0.39, 0.29) is 23.9 Å². The van der Waals surface area contributed by atoms with Gasteiger partial charge < -0.3 is 14.2 Å². The standard InChI is InChI=1S/C21H25N3O3/c1-16-8-9-19(27-16)12-22-11-10-21(14-22)15-23(18-6-4-3-5-7-18)20(26)13-24(21)17(2)25/h3-9H,10-15H2,1-2H3. The summed E-state index contributed by atoms with van der Waals surface area (Å²) in [5.41, 5.74) is 0.544. The second-order valence-corrected chi connectivity index (χ2v) is 7.62. The predicted octanol–water partition coefficient (Wildman–Crippen LogP) is 2.43. The van der Waals surface area contributed by atoms with Gasteiger partial charge >= 0.3 is 0 Å². The first-order chi connectivity index (χ1) is 13.0. The normalized spacial score (nSPS) is 23.4. The Hall–Kier alpha value is -2.60. The summed E-state index contributed by atoms with van der Waals surface area (Å²) in [6.07, 6.45) is 0.850. The molecule has 2 saturated heterocycles. The highest BCUT2D eigenvalue weighted by molar-refractivity contribution is 5.98. The van der Waals surface area contributed by atoms with Crippen LogP contribution < -0.4 is 4.90 Å². The Bertz CT molecular complexity index is 847. The molecule has 1 aromatic carbocycles. The zero-order chi connectivity index (χ0) is 19.0. The van der Waals surface area contributed by atoms with Crippen LogP contribution >= 0.6 is 0 Å². The summed E-state index contributed by atoms with van der Waals surface area (Å²) in [5.74, 6) is 1.78. The minimum Gasteiger partial charge on any atom is -0.465 e. The van der Waals surface area contributed by atoms with Crippen molar-refractivity contribution in [3.8, 4) is 0 Å². The Morgan fingerprint density at radius 1 is 1.15 bits per heavy atom. The second kappa shape index (κ2) is 6.85. The number of hydrogen-bond donors (Lipinski definition) is 0. The molecule has 6 nitrogen and oxygen atoms in total. The van der Waals surface area contributed by atoms with Crippen LogP contribution in [0.1, 0.15) is 24.9 Å². The maximum atomic E-state index is 12.7. The monoisotopic (exact) mass is 367 g/mol. The zero-order valence-corrected chi connectivity index (χ0v) is 15.9. The van der Waals surface area contributed by atoms with Crippen molar-refractivity contribution in [2.45, 2.75) is 32.4 Å². The van der Waals surface area contributed by atoms with Crippen molar-refractivity contribution in [1.82, 2.24) is 9.80 Å². The van der Waals surface area contributed by atoms with E-state index in [4.69, 9.17) is 4.42 Å². The quantitative estimate of drug-likeness (QED) is 0.836. The summed E-state index contributed by atoms with van der Waals surface area (Å²) in [4.78, 5) is 31.0. The van der Waals surface area contributed by atoms with Crippen LogP contribution in [0, 0.1) is 6.92 Å². The second-order valence-electron chi connectivity index (χ2n) is 7.62. The van der Waals surface area contributed by atoms with Crippen LogP contribution in [0.4, 0.5) is 5.69 Å². The van der Waals surface area contributed by atoms with Crippen molar-refractivity contribution in [2.24, 2.45) is 0 Å². The van der Waals surface area contributed by atoms with Crippen molar-refractivity contribution in [3.05, 3.63) is 54.0 Å². The molecule has 1 aromatic heterocycles. The number of hydrogen-bond acceptors (Lipinski definition) is 4. The van der Waals surface area contributed by atoms with Gasteiger partial charge in [-0.1, -0.05) is 18.2 Å². The number of likely N-dealkylation sites (tertiary alicyclic amines) is 1. The molecule has 1 atom stereocenters. The van der Waals surface area contributed by atoms with Crippen molar-refractivity contribution in [1.29, 1.82) is 0 Å². The van der Waals surface area contributed by atoms with E-state index in [1.165, 1.54) is 0 Å². The molecule has 142 valence electrons. The Balaban J connectivity index is 1.58. The Labute approximate surface area is 159 Å². The van der Waals surface area contributed by atoms with E-state index in [1.54, 1.807) is 11.8 Å². The zero-order valence-electron chi connectivity index (χ0n) is 15.9. The number of nitrogens with zero attached hydrogens (tertiary/aromatic N) is 3. The lowest BCUT2D eigenvalue weighted by Crippen LogP contribution is -2.66. The summed E-state index contributed by atoms with van der Waals surface area (Å²) in [6.45, 7) is 6.51. The Morgan fingerprint density at radius 2 is 1.93 bits per heavy atom. The number of anilines is 1. The molecule has 2 aliphatic rings. The molecule has 0 N–H and O–H groups in total. The number of aryl methyl sites for hydroxylation is 1. The summed E-state index contributed by atoms with van der Waals surface area (Å²) >= 11 is 0. The Kier molecular flexibility index (Phi) is 4.52. The number of amides is 2. The van der Waals surface area contributed by atoms with Gasteiger partial charge in [-0.3, -0.25) is 14.5 Å². The maximum absolute atomic E-state index is 12.7. The molecule has 3 heterocycles. The van der Waals surface area contributed by atoms with E-state index < -0.39 is 0 Å². The lowest BCUT2D eigenvalue weighted by molar-refractivity contribution is -0.142. The van der Waals surface area contributed by atoms with Crippen molar-refractivity contribution in [2.75, 3.05) is 31.1 Å². The molecular weight excluding hydrogens is 342 g/mol. The first-order valence-electron chi connectivity index (χ1n) is 9.38. The van der Waals surface area contributed by atoms with Crippen LogP contribution in [0.2, 0.25) is 0 Å². The Morgan fingerprint density at radius 3 is 2.59 bits per heavy atom. The summed E-state index contributed by atoms with van der Waals surface area (Å²) < 4.78 is 5.72. The summed E-state index contributed by atoms with van der Waals surface area (Å²) in [6, 6.07) is 13.7. The molecule has 1 unspecified atom stereocenters. The van der Waals surface area contributed by atoms with Gasteiger partial charge in [0.15, 0.2) is 0 Å². The third kappa shape index (κ3) is 3.37. The van der Waals surface area contributed by atoms with E-state index in [1.807, 2.05) is 54.3 Å². The number of piperazine rings is 1. The minimum atomic E-state index is -0.350. The highest BCUT2D eigenvalue weighted by atomic mass is 16.3. The van der Waals surface area contributed by atoms with Gasteiger partial charge in [-0.05, 0) is 37.6 Å². The molecule has 1 spiro atoms. The molecule has 2 amide bonds. The van der Waals surface area contributed by atoms with Crippen LogP contribution in [0.5, 0.6) is 0 Å². The van der Waals surface area contributed by atoms with Crippen molar-refractivity contribution in [3.63, 3.8) is 0 Å². The highest BCUT2D eigenvalue weighted by Gasteiger charge is 2.50. The fraction of sp³-hybridized carbons (Fsp3) is 0.429. The molecular formula is C21H25N3O3. The lowest BCUT2D eigenvalue weighted by Gasteiger charge is -2.48. The van der Waals surface area contributed by atoms with Gasteiger partial charge in [-0.15, -0.1) is 0 Å². The van der Waals surface area contributed by atoms with Crippen LogP contribution in [0.3, 0.4) is 0 Å². The van der Waals surface area contributed by atoms with E-state index in [9.17, 15) is 9.59 Å². The van der Waals surface area contributed by atoms with E-state index in [0.717, 1.165) is 43.3 Å². The predicted molar refractivity (Wildman–Crippen MR) is 102 cm³/mol. The third-order valence-electron chi connectivity index (χ3n) is 5.65. The molecule has 0 saturated carbocycles. The molecule has 6 heteroatoms. The third-order valence-corrected chi connectivity index (χ3v) is 5.65.